The molecular weight excluding hydrogens is 244 g/mol. The molecule has 1 aliphatic carbocycles. The number of nitrogens with zero attached hydrogens (tertiary/aromatic N) is 3. The highest BCUT2D eigenvalue weighted by molar-refractivity contribution is 7.98. The molecule has 2 aliphatic heterocycles. The minimum absolute atomic E-state index is 0.655. The molecular formula is C13H18N4S. The van der Waals surface area contributed by atoms with Crippen molar-refractivity contribution >= 4 is 17.6 Å². The maximum Gasteiger partial charge on any atom is 0.136 e. The van der Waals surface area contributed by atoms with Gasteiger partial charge < -0.3 is 10.2 Å². The lowest BCUT2D eigenvalue weighted by Crippen LogP contribution is -2.44. The van der Waals surface area contributed by atoms with Crippen molar-refractivity contribution in [1.82, 2.24) is 15.3 Å². The first-order valence-electron chi connectivity index (χ1n) is 6.85. The van der Waals surface area contributed by atoms with Crippen molar-refractivity contribution in [3.63, 3.8) is 0 Å². The summed E-state index contributed by atoms with van der Waals surface area (Å²) in [6.07, 6.45) is 2.57. The number of rotatable bonds is 2. The highest BCUT2D eigenvalue weighted by Gasteiger charge is 2.31. The Labute approximate surface area is 112 Å². The number of thioether (sulfide) groups is 1. The second-order valence-electron chi connectivity index (χ2n) is 5.33. The molecule has 18 heavy (non-hydrogen) atoms. The number of aromatic nitrogens is 2. The molecule has 0 amide bonds. The number of piperazine rings is 1. The predicted molar refractivity (Wildman–Crippen MR) is 74.1 cm³/mol. The van der Waals surface area contributed by atoms with Crippen LogP contribution in [0.1, 0.15) is 35.8 Å². The van der Waals surface area contributed by atoms with Crippen LogP contribution in [-0.2, 0) is 11.5 Å². The van der Waals surface area contributed by atoms with E-state index in [0.29, 0.717) is 5.92 Å². The van der Waals surface area contributed by atoms with Gasteiger partial charge in [0.2, 0.25) is 0 Å². The van der Waals surface area contributed by atoms with Crippen LogP contribution < -0.4 is 10.2 Å². The summed E-state index contributed by atoms with van der Waals surface area (Å²) in [5, 5.41) is 3.41. The molecule has 1 saturated heterocycles. The molecule has 1 saturated carbocycles. The third kappa shape index (κ3) is 1.89. The minimum Gasteiger partial charge on any atom is -0.354 e. The van der Waals surface area contributed by atoms with Crippen molar-refractivity contribution in [3.05, 3.63) is 17.1 Å². The number of hydrogen-bond acceptors (Lipinski definition) is 5. The Hall–Kier alpha value is -0.810. The van der Waals surface area contributed by atoms with Gasteiger partial charge in [0.1, 0.15) is 11.6 Å². The van der Waals surface area contributed by atoms with Gasteiger partial charge in [-0.2, -0.15) is 11.8 Å². The molecule has 3 heterocycles. The van der Waals surface area contributed by atoms with Crippen LogP contribution in [0.3, 0.4) is 0 Å². The summed E-state index contributed by atoms with van der Waals surface area (Å²) in [7, 11) is 0. The number of fused-ring (bicyclic) bond motifs is 1. The molecule has 4 rings (SSSR count). The van der Waals surface area contributed by atoms with Crippen LogP contribution in [-0.4, -0.2) is 36.1 Å². The van der Waals surface area contributed by atoms with Crippen LogP contribution in [0.5, 0.6) is 0 Å². The average molecular weight is 262 g/mol. The number of anilines is 1. The van der Waals surface area contributed by atoms with E-state index in [1.807, 2.05) is 11.8 Å². The minimum atomic E-state index is 0.655. The van der Waals surface area contributed by atoms with E-state index in [4.69, 9.17) is 9.97 Å². The Morgan fingerprint density at radius 3 is 2.72 bits per heavy atom. The predicted octanol–water partition coefficient (Wildman–Crippen LogP) is 1.51. The summed E-state index contributed by atoms with van der Waals surface area (Å²) < 4.78 is 0. The maximum absolute atomic E-state index is 4.90. The number of nitrogens with one attached hydrogen (secondary N) is 1. The average Bonchev–Trinajstić information content (AvgIpc) is 3.17. The molecule has 0 unspecified atom stereocenters. The fourth-order valence-electron chi connectivity index (χ4n) is 2.72. The summed E-state index contributed by atoms with van der Waals surface area (Å²) in [6, 6.07) is 0. The topological polar surface area (TPSA) is 41.1 Å². The molecule has 2 fully saturated rings. The third-order valence-corrected chi connectivity index (χ3v) is 4.90. The van der Waals surface area contributed by atoms with Crippen molar-refractivity contribution in [3.8, 4) is 0 Å². The van der Waals surface area contributed by atoms with Gasteiger partial charge >= 0.3 is 0 Å². The summed E-state index contributed by atoms with van der Waals surface area (Å²) in [4.78, 5) is 12.2. The van der Waals surface area contributed by atoms with Crippen LogP contribution in [0.4, 0.5) is 5.82 Å². The lowest BCUT2D eigenvalue weighted by Gasteiger charge is -2.30. The van der Waals surface area contributed by atoms with E-state index < -0.39 is 0 Å². The molecule has 0 bridgehead atoms. The largest absolute Gasteiger partial charge is 0.354 e. The van der Waals surface area contributed by atoms with Crippen LogP contribution in [0.25, 0.3) is 0 Å². The Kier molecular flexibility index (Phi) is 2.69. The zero-order valence-electron chi connectivity index (χ0n) is 10.5. The van der Waals surface area contributed by atoms with E-state index >= 15 is 0 Å². The van der Waals surface area contributed by atoms with Crippen molar-refractivity contribution in [2.24, 2.45) is 0 Å². The lowest BCUT2D eigenvalue weighted by atomic mass is 10.2. The molecule has 1 aromatic rings. The van der Waals surface area contributed by atoms with Gasteiger partial charge in [0.15, 0.2) is 0 Å². The summed E-state index contributed by atoms with van der Waals surface area (Å²) in [6.45, 7) is 4.31. The van der Waals surface area contributed by atoms with Gasteiger partial charge in [-0.15, -0.1) is 0 Å². The van der Waals surface area contributed by atoms with E-state index in [2.05, 4.69) is 10.2 Å². The van der Waals surface area contributed by atoms with Crippen molar-refractivity contribution in [1.29, 1.82) is 0 Å². The van der Waals surface area contributed by atoms with E-state index in [-0.39, 0.29) is 0 Å². The molecule has 0 radical (unpaired) electrons. The van der Waals surface area contributed by atoms with Gasteiger partial charge in [-0.05, 0) is 12.8 Å². The SMILES string of the molecule is C1CN(c2nc(C3CC3)nc3c2CSC3)CCN1. The molecule has 1 aromatic heterocycles. The van der Waals surface area contributed by atoms with E-state index in [0.717, 1.165) is 43.5 Å². The second-order valence-corrected chi connectivity index (χ2v) is 6.32. The van der Waals surface area contributed by atoms with Crippen molar-refractivity contribution < 1.29 is 0 Å². The molecule has 0 atom stereocenters. The van der Waals surface area contributed by atoms with Gasteiger partial charge in [0.05, 0.1) is 5.69 Å². The molecule has 1 N–H and O–H groups in total. The summed E-state index contributed by atoms with van der Waals surface area (Å²) in [5.41, 5.74) is 2.72. The Morgan fingerprint density at radius 2 is 1.94 bits per heavy atom. The number of hydrogen-bond donors (Lipinski definition) is 1. The third-order valence-electron chi connectivity index (χ3n) is 3.93. The summed E-state index contributed by atoms with van der Waals surface area (Å²) in [5.74, 6) is 5.19. The Morgan fingerprint density at radius 1 is 1.11 bits per heavy atom. The van der Waals surface area contributed by atoms with Gasteiger partial charge in [0.25, 0.3) is 0 Å². The standard InChI is InChI=1S/C13H18N4S/c1-2-9(1)12-15-11-8-18-7-10(11)13(16-12)17-5-3-14-4-6-17/h9,14H,1-8H2. The van der Waals surface area contributed by atoms with Crippen LogP contribution in [0.15, 0.2) is 0 Å². The molecule has 0 aromatic carbocycles. The van der Waals surface area contributed by atoms with Gasteiger partial charge in [0, 0.05) is 49.2 Å². The second kappa shape index (κ2) is 4.38. The highest BCUT2D eigenvalue weighted by Crippen LogP contribution is 2.42. The molecule has 96 valence electrons. The summed E-state index contributed by atoms with van der Waals surface area (Å²) >= 11 is 1.98. The normalized spacial score (nSPS) is 23.2. The van der Waals surface area contributed by atoms with Crippen LogP contribution >= 0.6 is 11.8 Å². The fraction of sp³-hybridized carbons (Fsp3) is 0.692. The van der Waals surface area contributed by atoms with E-state index in [9.17, 15) is 0 Å². The quantitative estimate of drug-likeness (QED) is 0.875. The fourth-order valence-corrected chi connectivity index (χ4v) is 3.75. The van der Waals surface area contributed by atoms with E-state index in [1.54, 1.807) is 0 Å². The molecule has 4 nitrogen and oxygen atoms in total. The van der Waals surface area contributed by atoms with Crippen LogP contribution in [0.2, 0.25) is 0 Å². The van der Waals surface area contributed by atoms with Gasteiger partial charge in [-0.25, -0.2) is 9.97 Å². The highest BCUT2D eigenvalue weighted by atomic mass is 32.2. The molecule has 0 spiro atoms. The van der Waals surface area contributed by atoms with Gasteiger partial charge in [-0.1, -0.05) is 0 Å². The van der Waals surface area contributed by atoms with Crippen molar-refractivity contribution in [2.45, 2.75) is 30.3 Å². The zero-order chi connectivity index (χ0) is 11.9. The maximum atomic E-state index is 4.90. The monoisotopic (exact) mass is 262 g/mol. The van der Waals surface area contributed by atoms with Crippen molar-refractivity contribution in [2.75, 3.05) is 31.1 Å². The van der Waals surface area contributed by atoms with Crippen LogP contribution in [0, 0.1) is 0 Å². The first-order valence-corrected chi connectivity index (χ1v) is 8.00. The molecule has 3 aliphatic rings. The first kappa shape index (κ1) is 11.1. The Bertz CT molecular complexity index is 466. The molecule has 5 heteroatoms. The zero-order valence-corrected chi connectivity index (χ0v) is 11.3. The first-order chi connectivity index (χ1) is 8.92. The van der Waals surface area contributed by atoms with E-state index in [1.165, 1.54) is 29.9 Å². The lowest BCUT2D eigenvalue weighted by molar-refractivity contribution is 0.582. The van der Waals surface area contributed by atoms with Gasteiger partial charge in [-0.3, -0.25) is 0 Å². The smallest absolute Gasteiger partial charge is 0.136 e. The Balaban J connectivity index is 1.74.